The van der Waals surface area contributed by atoms with Gasteiger partial charge in [0.25, 0.3) is 0 Å². The molecule has 0 aromatic heterocycles. The highest BCUT2D eigenvalue weighted by molar-refractivity contribution is 4.71. The third kappa shape index (κ3) is 2.50. The van der Waals surface area contributed by atoms with Crippen molar-refractivity contribution in [1.82, 2.24) is 5.32 Å². The van der Waals surface area contributed by atoms with Crippen molar-refractivity contribution in [2.45, 2.75) is 6.42 Å². The van der Waals surface area contributed by atoms with E-state index in [1.165, 1.54) is 6.42 Å². The number of hydrogen-bond acceptors (Lipinski definition) is 2. The first-order chi connectivity index (χ1) is 4.93. The van der Waals surface area contributed by atoms with Crippen LogP contribution in [0.5, 0.6) is 0 Å². The molecule has 1 aliphatic rings. The van der Waals surface area contributed by atoms with E-state index in [2.05, 4.69) is 11.9 Å². The Labute approximate surface area is 62.3 Å². The zero-order chi connectivity index (χ0) is 7.23. The Morgan fingerprint density at radius 3 is 3.20 bits per heavy atom. The van der Waals surface area contributed by atoms with Crippen LogP contribution in [0, 0.1) is 5.92 Å². The number of rotatable bonds is 4. The third-order valence-corrected chi connectivity index (χ3v) is 1.75. The van der Waals surface area contributed by atoms with Crippen LogP contribution in [0.25, 0.3) is 0 Å². The summed E-state index contributed by atoms with van der Waals surface area (Å²) in [5, 5.41) is 3.29. The molecule has 1 fully saturated rings. The van der Waals surface area contributed by atoms with Gasteiger partial charge in [-0.15, -0.1) is 6.58 Å². The summed E-state index contributed by atoms with van der Waals surface area (Å²) in [6, 6.07) is 0. The van der Waals surface area contributed by atoms with Crippen LogP contribution in [0.3, 0.4) is 0 Å². The quantitative estimate of drug-likeness (QED) is 0.462. The lowest BCUT2D eigenvalue weighted by Crippen LogP contribution is -2.13. The Kier molecular flexibility index (Phi) is 3.47. The van der Waals surface area contributed by atoms with Gasteiger partial charge in [-0.05, 0) is 18.9 Å². The summed E-state index contributed by atoms with van der Waals surface area (Å²) in [5.41, 5.74) is 0. The first-order valence-corrected chi connectivity index (χ1v) is 3.83. The molecular weight excluding hydrogens is 126 g/mol. The molecule has 1 saturated heterocycles. The Bertz CT molecular complexity index is 97.4. The monoisotopic (exact) mass is 141 g/mol. The van der Waals surface area contributed by atoms with Gasteiger partial charge in [0.2, 0.25) is 0 Å². The number of nitrogens with one attached hydrogen (secondary N) is 1. The Balaban J connectivity index is 1.96. The highest BCUT2D eigenvalue weighted by Crippen LogP contribution is 2.06. The van der Waals surface area contributed by atoms with Gasteiger partial charge in [-0.25, -0.2) is 0 Å². The lowest BCUT2D eigenvalue weighted by Gasteiger charge is -2.06. The lowest BCUT2D eigenvalue weighted by atomic mass is 10.1. The molecule has 0 aromatic rings. The normalized spacial score (nSPS) is 25.0. The molecule has 58 valence electrons. The van der Waals surface area contributed by atoms with Crippen LogP contribution in [0.2, 0.25) is 0 Å². The van der Waals surface area contributed by atoms with E-state index in [-0.39, 0.29) is 0 Å². The topological polar surface area (TPSA) is 21.3 Å². The molecular formula is C8H15NO. The minimum Gasteiger partial charge on any atom is -0.377 e. The molecule has 0 bridgehead atoms. The second-order valence-electron chi connectivity index (χ2n) is 2.68. The van der Waals surface area contributed by atoms with Gasteiger partial charge in [-0.2, -0.15) is 0 Å². The van der Waals surface area contributed by atoms with Crippen molar-refractivity contribution in [2.75, 3.05) is 26.3 Å². The van der Waals surface area contributed by atoms with Gasteiger partial charge < -0.3 is 10.1 Å². The van der Waals surface area contributed by atoms with E-state index in [1.54, 1.807) is 6.08 Å². The van der Waals surface area contributed by atoms with Gasteiger partial charge >= 0.3 is 0 Å². The van der Waals surface area contributed by atoms with Crippen LogP contribution in [0.4, 0.5) is 0 Å². The average Bonchev–Trinajstić information content (AvgIpc) is 2.41. The highest BCUT2D eigenvalue weighted by Gasteiger charge is 2.13. The summed E-state index contributed by atoms with van der Waals surface area (Å²) >= 11 is 0. The molecule has 0 radical (unpaired) electrons. The summed E-state index contributed by atoms with van der Waals surface area (Å²) in [7, 11) is 0. The van der Waals surface area contributed by atoms with E-state index in [0.29, 0.717) is 6.61 Å². The fourth-order valence-electron chi connectivity index (χ4n) is 1.17. The van der Waals surface area contributed by atoms with Crippen LogP contribution >= 0.6 is 0 Å². The summed E-state index contributed by atoms with van der Waals surface area (Å²) in [5.74, 6) is 0.736. The minimum atomic E-state index is 0.691. The molecule has 1 N–H and O–H groups in total. The SMILES string of the molecule is C=CCOCC1CCNC1. The summed E-state index contributed by atoms with van der Waals surface area (Å²) < 4.78 is 5.31. The third-order valence-electron chi connectivity index (χ3n) is 1.75. The van der Waals surface area contributed by atoms with Crippen molar-refractivity contribution in [3.63, 3.8) is 0 Å². The van der Waals surface area contributed by atoms with Gasteiger partial charge in [0.1, 0.15) is 0 Å². The fraction of sp³-hybridized carbons (Fsp3) is 0.750. The standard InChI is InChI=1S/C8H15NO/c1-2-5-10-7-8-3-4-9-6-8/h2,8-9H,1,3-7H2. The summed E-state index contributed by atoms with van der Waals surface area (Å²) in [6.45, 7) is 7.44. The van der Waals surface area contributed by atoms with Crippen molar-refractivity contribution < 1.29 is 4.74 Å². The maximum Gasteiger partial charge on any atom is 0.0644 e. The first-order valence-electron chi connectivity index (χ1n) is 3.83. The zero-order valence-electron chi connectivity index (χ0n) is 6.31. The molecule has 1 aliphatic heterocycles. The highest BCUT2D eigenvalue weighted by atomic mass is 16.5. The molecule has 2 heteroatoms. The first kappa shape index (κ1) is 7.76. The van der Waals surface area contributed by atoms with E-state index >= 15 is 0 Å². The lowest BCUT2D eigenvalue weighted by molar-refractivity contribution is 0.129. The molecule has 0 aromatic carbocycles. The van der Waals surface area contributed by atoms with Crippen molar-refractivity contribution in [3.8, 4) is 0 Å². The van der Waals surface area contributed by atoms with E-state index in [4.69, 9.17) is 4.74 Å². The van der Waals surface area contributed by atoms with E-state index in [9.17, 15) is 0 Å². The van der Waals surface area contributed by atoms with Crippen molar-refractivity contribution in [1.29, 1.82) is 0 Å². The van der Waals surface area contributed by atoms with Crippen LogP contribution in [0.1, 0.15) is 6.42 Å². The average molecular weight is 141 g/mol. The van der Waals surface area contributed by atoms with E-state index in [1.807, 2.05) is 0 Å². The fourth-order valence-corrected chi connectivity index (χ4v) is 1.17. The maximum absolute atomic E-state index is 5.31. The van der Waals surface area contributed by atoms with Crippen LogP contribution in [-0.4, -0.2) is 26.3 Å². The Morgan fingerprint density at radius 2 is 2.60 bits per heavy atom. The second-order valence-corrected chi connectivity index (χ2v) is 2.68. The largest absolute Gasteiger partial charge is 0.377 e. The van der Waals surface area contributed by atoms with Crippen molar-refractivity contribution in [3.05, 3.63) is 12.7 Å². The van der Waals surface area contributed by atoms with Gasteiger partial charge in [-0.3, -0.25) is 0 Å². The molecule has 10 heavy (non-hydrogen) atoms. The molecule has 2 nitrogen and oxygen atoms in total. The van der Waals surface area contributed by atoms with Crippen molar-refractivity contribution in [2.24, 2.45) is 5.92 Å². The summed E-state index contributed by atoms with van der Waals surface area (Å²) in [6.07, 6.45) is 3.06. The maximum atomic E-state index is 5.31. The molecule has 1 atom stereocenters. The molecule has 1 heterocycles. The van der Waals surface area contributed by atoms with E-state index in [0.717, 1.165) is 25.6 Å². The van der Waals surface area contributed by atoms with Crippen LogP contribution in [-0.2, 0) is 4.74 Å². The molecule has 1 rings (SSSR count). The van der Waals surface area contributed by atoms with Gasteiger partial charge in [-0.1, -0.05) is 6.08 Å². The number of hydrogen-bond donors (Lipinski definition) is 1. The smallest absolute Gasteiger partial charge is 0.0644 e. The number of ether oxygens (including phenoxy) is 1. The summed E-state index contributed by atoms with van der Waals surface area (Å²) in [4.78, 5) is 0. The second kappa shape index (κ2) is 4.47. The van der Waals surface area contributed by atoms with Crippen molar-refractivity contribution >= 4 is 0 Å². The predicted octanol–water partition coefficient (Wildman–Crippen LogP) is 0.798. The van der Waals surface area contributed by atoms with Crippen LogP contribution in [0.15, 0.2) is 12.7 Å². The van der Waals surface area contributed by atoms with Gasteiger partial charge in [0, 0.05) is 6.54 Å². The molecule has 0 saturated carbocycles. The minimum absolute atomic E-state index is 0.691. The molecule has 0 spiro atoms. The Hall–Kier alpha value is -0.340. The predicted molar refractivity (Wildman–Crippen MR) is 42.0 cm³/mol. The van der Waals surface area contributed by atoms with Gasteiger partial charge in [0.05, 0.1) is 13.2 Å². The zero-order valence-corrected chi connectivity index (χ0v) is 6.31. The molecule has 0 aliphatic carbocycles. The van der Waals surface area contributed by atoms with Crippen LogP contribution < -0.4 is 5.32 Å². The Morgan fingerprint density at radius 1 is 1.70 bits per heavy atom. The molecule has 0 amide bonds. The van der Waals surface area contributed by atoms with Gasteiger partial charge in [0.15, 0.2) is 0 Å². The molecule has 1 unspecified atom stereocenters. The van der Waals surface area contributed by atoms with E-state index < -0.39 is 0 Å².